The summed E-state index contributed by atoms with van der Waals surface area (Å²) in [6.45, 7) is 2.18. The van der Waals surface area contributed by atoms with Crippen molar-refractivity contribution < 1.29 is 23.8 Å². The first kappa shape index (κ1) is 20.1. The summed E-state index contributed by atoms with van der Waals surface area (Å²) < 4.78 is 15.6. The van der Waals surface area contributed by atoms with Crippen LogP contribution in [0.1, 0.15) is 13.3 Å². The van der Waals surface area contributed by atoms with Crippen LogP contribution in [0.4, 0.5) is 5.69 Å². The van der Waals surface area contributed by atoms with Crippen molar-refractivity contribution in [3.63, 3.8) is 0 Å². The summed E-state index contributed by atoms with van der Waals surface area (Å²) >= 11 is 1.76. The van der Waals surface area contributed by atoms with Crippen LogP contribution in [-0.4, -0.2) is 44.0 Å². The molecular formula is C21H23NO5S. The molecule has 1 aliphatic heterocycles. The summed E-state index contributed by atoms with van der Waals surface area (Å²) in [6.07, 6.45) is 0.875. The number of thioether (sulfide) groups is 1. The van der Waals surface area contributed by atoms with Gasteiger partial charge in [0, 0.05) is 16.7 Å². The Morgan fingerprint density at radius 3 is 2.54 bits per heavy atom. The molecule has 0 fully saturated rings. The third-order valence-corrected chi connectivity index (χ3v) is 5.55. The maximum atomic E-state index is 12.7. The van der Waals surface area contributed by atoms with Crippen molar-refractivity contribution in [2.75, 3.05) is 31.8 Å². The molecule has 3 rings (SSSR count). The standard InChI is InChI=1S/C21H23NO5S/c1-15-11-12-22(18-5-3-4-6-19(18)28-15)20(23)13-27-21(24)14-26-17-9-7-16(25-2)8-10-17/h3-10,15H,11-14H2,1-2H3. The molecule has 0 aromatic heterocycles. The van der Waals surface area contributed by atoms with Crippen LogP contribution < -0.4 is 14.4 Å². The zero-order valence-corrected chi connectivity index (χ0v) is 16.7. The van der Waals surface area contributed by atoms with E-state index in [1.165, 1.54) is 0 Å². The van der Waals surface area contributed by atoms with Crippen LogP contribution in [0.2, 0.25) is 0 Å². The number of rotatable bonds is 6. The van der Waals surface area contributed by atoms with Crippen molar-refractivity contribution in [2.45, 2.75) is 23.5 Å². The number of benzene rings is 2. The van der Waals surface area contributed by atoms with Crippen LogP contribution in [0.3, 0.4) is 0 Å². The molecule has 0 saturated carbocycles. The largest absolute Gasteiger partial charge is 0.497 e. The lowest BCUT2D eigenvalue weighted by Gasteiger charge is -2.22. The topological polar surface area (TPSA) is 65.1 Å². The highest BCUT2D eigenvalue weighted by Gasteiger charge is 2.24. The third-order valence-electron chi connectivity index (χ3n) is 4.32. The van der Waals surface area contributed by atoms with E-state index in [0.29, 0.717) is 23.3 Å². The number of hydrogen-bond acceptors (Lipinski definition) is 6. The minimum absolute atomic E-state index is 0.236. The SMILES string of the molecule is COc1ccc(OCC(=O)OCC(=O)N2CCC(C)Sc3ccccc32)cc1. The Hall–Kier alpha value is -2.67. The van der Waals surface area contributed by atoms with Crippen molar-refractivity contribution in [1.29, 1.82) is 0 Å². The number of para-hydroxylation sites is 1. The van der Waals surface area contributed by atoms with Gasteiger partial charge in [0.2, 0.25) is 0 Å². The lowest BCUT2D eigenvalue weighted by molar-refractivity contribution is -0.149. The summed E-state index contributed by atoms with van der Waals surface area (Å²) in [6, 6.07) is 14.7. The zero-order valence-electron chi connectivity index (χ0n) is 15.9. The Bertz CT molecular complexity index is 824. The Balaban J connectivity index is 1.52. The molecule has 0 aliphatic carbocycles. The molecule has 1 unspecified atom stereocenters. The second-order valence-corrected chi connectivity index (χ2v) is 7.84. The van der Waals surface area contributed by atoms with Crippen molar-refractivity contribution in [3.8, 4) is 11.5 Å². The van der Waals surface area contributed by atoms with Crippen LogP contribution in [0.5, 0.6) is 11.5 Å². The van der Waals surface area contributed by atoms with Gasteiger partial charge in [0.1, 0.15) is 11.5 Å². The lowest BCUT2D eigenvalue weighted by Crippen LogP contribution is -2.36. The molecule has 0 N–H and O–H groups in total. The number of fused-ring (bicyclic) bond motifs is 1. The summed E-state index contributed by atoms with van der Waals surface area (Å²) in [5, 5.41) is 0.416. The quantitative estimate of drug-likeness (QED) is 0.690. The predicted octanol–water partition coefficient (Wildman–Crippen LogP) is 3.53. The number of carbonyl (C=O) groups is 2. The summed E-state index contributed by atoms with van der Waals surface area (Å²) in [7, 11) is 1.58. The fourth-order valence-corrected chi connectivity index (χ4v) is 3.93. The van der Waals surface area contributed by atoms with Crippen molar-refractivity contribution in [3.05, 3.63) is 48.5 Å². The van der Waals surface area contributed by atoms with Gasteiger partial charge in [-0.3, -0.25) is 4.79 Å². The Kier molecular flexibility index (Phi) is 6.81. The van der Waals surface area contributed by atoms with Crippen LogP contribution in [0, 0.1) is 0 Å². The average Bonchev–Trinajstić information content (AvgIpc) is 2.89. The van der Waals surface area contributed by atoms with Crippen LogP contribution in [0.25, 0.3) is 0 Å². The van der Waals surface area contributed by atoms with E-state index < -0.39 is 5.97 Å². The number of ether oxygens (including phenoxy) is 3. The van der Waals surface area contributed by atoms with Gasteiger partial charge in [-0.1, -0.05) is 19.1 Å². The van der Waals surface area contributed by atoms with E-state index in [4.69, 9.17) is 14.2 Å². The first-order valence-electron chi connectivity index (χ1n) is 9.05. The molecule has 1 amide bonds. The van der Waals surface area contributed by atoms with Gasteiger partial charge >= 0.3 is 5.97 Å². The molecule has 148 valence electrons. The maximum Gasteiger partial charge on any atom is 0.344 e. The van der Waals surface area contributed by atoms with Crippen molar-refractivity contribution >= 4 is 29.3 Å². The van der Waals surface area contributed by atoms with E-state index in [1.54, 1.807) is 48.0 Å². The Labute approximate surface area is 168 Å². The molecule has 1 atom stereocenters. The molecule has 1 heterocycles. The number of carbonyl (C=O) groups excluding carboxylic acids is 2. The molecule has 0 bridgehead atoms. The second kappa shape index (κ2) is 9.50. The molecule has 0 spiro atoms. The molecule has 0 radical (unpaired) electrons. The normalized spacial score (nSPS) is 15.9. The van der Waals surface area contributed by atoms with Gasteiger partial charge in [-0.2, -0.15) is 0 Å². The van der Waals surface area contributed by atoms with E-state index in [1.807, 2.05) is 24.3 Å². The third kappa shape index (κ3) is 5.19. The van der Waals surface area contributed by atoms with E-state index in [2.05, 4.69) is 6.92 Å². The van der Waals surface area contributed by atoms with Gasteiger partial charge in [-0.15, -0.1) is 11.8 Å². The van der Waals surface area contributed by atoms with E-state index in [9.17, 15) is 9.59 Å². The molecule has 2 aromatic carbocycles. The highest BCUT2D eigenvalue weighted by Crippen LogP contribution is 2.37. The fraction of sp³-hybridized carbons (Fsp3) is 0.333. The van der Waals surface area contributed by atoms with Crippen LogP contribution in [0.15, 0.2) is 53.4 Å². The summed E-state index contributed by atoms with van der Waals surface area (Å²) in [4.78, 5) is 27.4. The molecule has 6 nitrogen and oxygen atoms in total. The van der Waals surface area contributed by atoms with Crippen molar-refractivity contribution in [1.82, 2.24) is 0 Å². The minimum atomic E-state index is -0.588. The molecule has 2 aromatic rings. The number of amides is 1. The first-order chi connectivity index (χ1) is 13.6. The number of anilines is 1. The molecular weight excluding hydrogens is 378 g/mol. The highest BCUT2D eigenvalue weighted by atomic mass is 32.2. The fourth-order valence-electron chi connectivity index (χ4n) is 2.82. The highest BCUT2D eigenvalue weighted by molar-refractivity contribution is 8.00. The number of esters is 1. The number of hydrogen-bond donors (Lipinski definition) is 0. The molecule has 7 heteroatoms. The van der Waals surface area contributed by atoms with Gasteiger partial charge in [-0.25, -0.2) is 4.79 Å². The first-order valence-corrected chi connectivity index (χ1v) is 9.93. The van der Waals surface area contributed by atoms with Gasteiger partial charge in [0.25, 0.3) is 5.91 Å². The second-order valence-electron chi connectivity index (χ2n) is 6.36. The van der Waals surface area contributed by atoms with Gasteiger partial charge in [-0.05, 0) is 42.8 Å². The Morgan fingerprint density at radius 2 is 1.79 bits per heavy atom. The molecule has 28 heavy (non-hydrogen) atoms. The average molecular weight is 401 g/mol. The number of nitrogens with zero attached hydrogens (tertiary/aromatic N) is 1. The van der Waals surface area contributed by atoms with Crippen molar-refractivity contribution in [2.24, 2.45) is 0 Å². The van der Waals surface area contributed by atoms with E-state index in [0.717, 1.165) is 17.0 Å². The smallest absolute Gasteiger partial charge is 0.344 e. The lowest BCUT2D eigenvalue weighted by atomic mass is 10.2. The minimum Gasteiger partial charge on any atom is -0.497 e. The van der Waals surface area contributed by atoms with Gasteiger partial charge < -0.3 is 19.1 Å². The van der Waals surface area contributed by atoms with Crippen LogP contribution in [-0.2, 0) is 14.3 Å². The molecule has 1 aliphatic rings. The van der Waals surface area contributed by atoms with Crippen LogP contribution >= 0.6 is 11.8 Å². The zero-order chi connectivity index (χ0) is 19.9. The van der Waals surface area contributed by atoms with Gasteiger partial charge in [0.05, 0.1) is 12.8 Å². The van der Waals surface area contributed by atoms with Gasteiger partial charge in [0.15, 0.2) is 13.2 Å². The van der Waals surface area contributed by atoms with E-state index >= 15 is 0 Å². The summed E-state index contributed by atoms with van der Waals surface area (Å²) in [5.74, 6) is 0.400. The summed E-state index contributed by atoms with van der Waals surface area (Å²) in [5.41, 5.74) is 0.868. The monoisotopic (exact) mass is 401 g/mol. The Morgan fingerprint density at radius 1 is 1.07 bits per heavy atom. The maximum absolute atomic E-state index is 12.7. The van der Waals surface area contributed by atoms with E-state index in [-0.39, 0.29) is 19.1 Å². The number of methoxy groups -OCH3 is 1. The predicted molar refractivity (Wildman–Crippen MR) is 108 cm³/mol. The molecule has 0 saturated heterocycles.